The minimum absolute atomic E-state index is 0.127. The van der Waals surface area contributed by atoms with Crippen molar-refractivity contribution in [3.8, 4) is 5.75 Å². The van der Waals surface area contributed by atoms with Gasteiger partial charge in [0.05, 0.1) is 17.7 Å². The fourth-order valence-corrected chi connectivity index (χ4v) is 3.33. The highest BCUT2D eigenvalue weighted by atomic mass is 32.2. The van der Waals surface area contributed by atoms with Gasteiger partial charge < -0.3 is 10.1 Å². The Morgan fingerprint density at radius 1 is 1.56 bits per heavy atom. The standard InChI is InChI=1S/C10H11N3O3S2/c1-16-8-5-3-2-4-7(8)11-10-12-18-9(17-10)6-13(14)15/h2-6,10-12H,1H3/b9-6-. The lowest BCUT2D eigenvalue weighted by Gasteiger charge is -2.14. The number of hydrogen-bond acceptors (Lipinski definition) is 7. The van der Waals surface area contributed by atoms with Crippen LogP contribution in [0.5, 0.6) is 5.75 Å². The van der Waals surface area contributed by atoms with E-state index in [1.54, 1.807) is 7.11 Å². The van der Waals surface area contributed by atoms with Gasteiger partial charge in [-0.05, 0) is 24.1 Å². The van der Waals surface area contributed by atoms with E-state index in [9.17, 15) is 10.1 Å². The first-order valence-corrected chi connectivity index (χ1v) is 6.72. The molecule has 2 N–H and O–H groups in total. The predicted octanol–water partition coefficient (Wildman–Crippen LogP) is 2.45. The lowest BCUT2D eigenvalue weighted by atomic mass is 10.3. The van der Waals surface area contributed by atoms with Gasteiger partial charge in [-0.1, -0.05) is 23.9 Å². The summed E-state index contributed by atoms with van der Waals surface area (Å²) in [5.41, 5.74) is 0.713. The Hall–Kier alpha value is -1.38. The molecule has 1 fully saturated rings. The number of methoxy groups -OCH3 is 1. The molecule has 0 spiro atoms. The lowest BCUT2D eigenvalue weighted by Crippen LogP contribution is -2.23. The Balaban J connectivity index is 2.01. The third kappa shape index (κ3) is 3.31. The summed E-state index contributed by atoms with van der Waals surface area (Å²) in [6.45, 7) is 0. The molecule has 1 saturated heterocycles. The fourth-order valence-electron chi connectivity index (χ4n) is 1.38. The van der Waals surface area contributed by atoms with Gasteiger partial charge in [-0.3, -0.25) is 10.1 Å². The molecule has 0 radical (unpaired) electrons. The zero-order valence-electron chi connectivity index (χ0n) is 9.45. The number of hydrogen-bond donors (Lipinski definition) is 2. The molecular formula is C10H11N3O3S2. The van der Waals surface area contributed by atoms with E-state index in [0.717, 1.165) is 17.6 Å². The van der Waals surface area contributed by atoms with Gasteiger partial charge in [0, 0.05) is 0 Å². The van der Waals surface area contributed by atoms with Crippen molar-refractivity contribution in [2.75, 3.05) is 12.4 Å². The van der Waals surface area contributed by atoms with Crippen molar-refractivity contribution in [2.45, 2.75) is 5.50 Å². The van der Waals surface area contributed by atoms with E-state index in [-0.39, 0.29) is 5.50 Å². The Bertz CT molecular complexity index is 481. The molecule has 18 heavy (non-hydrogen) atoms. The maximum atomic E-state index is 10.4. The van der Waals surface area contributed by atoms with Crippen LogP contribution in [0.2, 0.25) is 0 Å². The molecule has 96 valence electrons. The summed E-state index contributed by atoms with van der Waals surface area (Å²) in [5.74, 6) is 0.733. The average Bonchev–Trinajstić information content (AvgIpc) is 2.76. The first kappa shape index (κ1) is 13.1. The zero-order chi connectivity index (χ0) is 13.0. The van der Waals surface area contributed by atoms with Gasteiger partial charge in [0.15, 0.2) is 0 Å². The van der Waals surface area contributed by atoms with E-state index >= 15 is 0 Å². The van der Waals surface area contributed by atoms with Crippen molar-refractivity contribution in [3.05, 3.63) is 44.8 Å². The van der Waals surface area contributed by atoms with Crippen LogP contribution in [0, 0.1) is 10.1 Å². The smallest absolute Gasteiger partial charge is 0.255 e. The van der Waals surface area contributed by atoms with Crippen LogP contribution < -0.4 is 14.8 Å². The molecule has 1 heterocycles. The van der Waals surface area contributed by atoms with Crippen molar-refractivity contribution in [3.63, 3.8) is 0 Å². The number of benzene rings is 1. The Morgan fingerprint density at radius 3 is 3.06 bits per heavy atom. The fraction of sp³-hybridized carbons (Fsp3) is 0.200. The minimum Gasteiger partial charge on any atom is -0.495 e. The predicted molar refractivity (Wildman–Crippen MR) is 73.8 cm³/mol. The molecule has 0 amide bonds. The minimum atomic E-state index is -0.456. The number of rotatable bonds is 4. The van der Waals surface area contributed by atoms with Crippen LogP contribution >= 0.6 is 23.7 Å². The molecule has 1 aliphatic heterocycles. The second-order valence-corrected chi connectivity index (χ2v) is 5.58. The van der Waals surface area contributed by atoms with Gasteiger partial charge in [0.2, 0.25) is 0 Å². The summed E-state index contributed by atoms with van der Waals surface area (Å²) in [6.07, 6.45) is 0.992. The van der Waals surface area contributed by atoms with Crippen molar-refractivity contribution in [1.82, 2.24) is 4.72 Å². The summed E-state index contributed by atoms with van der Waals surface area (Å²) >= 11 is 2.60. The number of nitrogens with one attached hydrogen (secondary N) is 2. The SMILES string of the molecule is COc1ccccc1NC1NS/C(=C\[N+](=O)[O-])S1. The number of para-hydroxylation sites is 2. The lowest BCUT2D eigenvalue weighted by molar-refractivity contribution is -0.402. The molecule has 2 rings (SSSR count). The monoisotopic (exact) mass is 285 g/mol. The molecule has 6 nitrogen and oxygen atoms in total. The van der Waals surface area contributed by atoms with Crippen LogP contribution in [-0.2, 0) is 0 Å². The molecule has 1 unspecified atom stereocenters. The van der Waals surface area contributed by atoms with Gasteiger partial charge in [0.1, 0.15) is 15.5 Å². The van der Waals surface area contributed by atoms with Crippen LogP contribution in [0.15, 0.2) is 34.7 Å². The molecule has 1 aromatic carbocycles. The number of ether oxygens (including phenoxy) is 1. The van der Waals surface area contributed by atoms with Crippen molar-refractivity contribution in [1.29, 1.82) is 0 Å². The van der Waals surface area contributed by atoms with Crippen LogP contribution in [0.3, 0.4) is 0 Å². The first-order valence-electron chi connectivity index (χ1n) is 5.03. The van der Waals surface area contributed by atoms with Crippen molar-refractivity contribution < 1.29 is 9.66 Å². The molecule has 8 heteroatoms. The second kappa shape index (κ2) is 5.98. The highest BCUT2D eigenvalue weighted by Gasteiger charge is 2.23. The third-order valence-corrected chi connectivity index (χ3v) is 4.26. The number of anilines is 1. The van der Waals surface area contributed by atoms with Gasteiger partial charge in [-0.15, -0.1) is 0 Å². The molecule has 0 bridgehead atoms. The van der Waals surface area contributed by atoms with E-state index in [0.29, 0.717) is 4.24 Å². The Morgan fingerprint density at radius 2 is 2.33 bits per heavy atom. The van der Waals surface area contributed by atoms with E-state index in [1.807, 2.05) is 24.3 Å². The van der Waals surface area contributed by atoms with Gasteiger partial charge in [-0.25, -0.2) is 4.72 Å². The highest BCUT2D eigenvalue weighted by molar-refractivity contribution is 8.24. The van der Waals surface area contributed by atoms with Gasteiger partial charge in [-0.2, -0.15) is 0 Å². The van der Waals surface area contributed by atoms with Crippen LogP contribution in [0.25, 0.3) is 0 Å². The largest absolute Gasteiger partial charge is 0.495 e. The molecular weight excluding hydrogens is 274 g/mol. The van der Waals surface area contributed by atoms with E-state index in [1.165, 1.54) is 23.7 Å². The first-order chi connectivity index (χ1) is 8.69. The number of nitrogens with zero attached hydrogens (tertiary/aromatic N) is 1. The van der Waals surface area contributed by atoms with Crippen LogP contribution in [0.4, 0.5) is 5.69 Å². The Kier molecular flexibility index (Phi) is 4.34. The Labute approximate surface area is 112 Å². The maximum absolute atomic E-state index is 10.4. The molecule has 0 aromatic heterocycles. The molecule has 1 aromatic rings. The topological polar surface area (TPSA) is 76.4 Å². The van der Waals surface area contributed by atoms with Crippen LogP contribution in [0.1, 0.15) is 0 Å². The average molecular weight is 285 g/mol. The van der Waals surface area contributed by atoms with E-state index in [4.69, 9.17) is 4.74 Å². The van der Waals surface area contributed by atoms with E-state index in [2.05, 4.69) is 10.0 Å². The molecule has 0 saturated carbocycles. The van der Waals surface area contributed by atoms with Crippen molar-refractivity contribution in [2.24, 2.45) is 0 Å². The summed E-state index contributed by atoms with van der Waals surface area (Å²) in [7, 11) is 1.60. The van der Waals surface area contributed by atoms with Gasteiger partial charge >= 0.3 is 0 Å². The molecule has 0 aliphatic carbocycles. The number of nitro groups is 1. The normalized spacial score (nSPS) is 20.9. The second-order valence-electron chi connectivity index (χ2n) is 3.30. The molecule has 1 atom stereocenters. The summed E-state index contributed by atoms with van der Waals surface area (Å²) in [4.78, 5) is 9.90. The van der Waals surface area contributed by atoms with Crippen LogP contribution in [-0.4, -0.2) is 17.5 Å². The highest BCUT2D eigenvalue weighted by Crippen LogP contribution is 2.38. The summed E-state index contributed by atoms with van der Waals surface area (Å²) in [5, 5.41) is 13.6. The molecule has 1 aliphatic rings. The van der Waals surface area contributed by atoms with Gasteiger partial charge in [0.25, 0.3) is 6.20 Å². The number of thioether (sulfide) groups is 1. The summed E-state index contributed by atoms with van der Waals surface area (Å²) in [6, 6.07) is 7.52. The quantitative estimate of drug-likeness (QED) is 0.500. The third-order valence-electron chi connectivity index (χ3n) is 2.10. The summed E-state index contributed by atoms with van der Waals surface area (Å²) < 4.78 is 8.89. The maximum Gasteiger partial charge on any atom is 0.255 e. The zero-order valence-corrected chi connectivity index (χ0v) is 11.1. The van der Waals surface area contributed by atoms with E-state index < -0.39 is 4.92 Å². The van der Waals surface area contributed by atoms with Crippen molar-refractivity contribution >= 4 is 29.4 Å².